The molecule has 0 spiro atoms. The van der Waals surface area contributed by atoms with Crippen molar-refractivity contribution in [2.24, 2.45) is 5.92 Å². The highest BCUT2D eigenvalue weighted by molar-refractivity contribution is 5.94. The minimum Gasteiger partial charge on any atom is -0.497 e. The van der Waals surface area contributed by atoms with Crippen molar-refractivity contribution in [3.8, 4) is 5.75 Å². The summed E-state index contributed by atoms with van der Waals surface area (Å²) in [5.74, 6) is 0.0950. The number of amides is 1. The number of carbonyl (C=O) groups is 1. The third kappa shape index (κ3) is 3.67. The number of halogens is 1. The largest absolute Gasteiger partial charge is 0.497 e. The van der Waals surface area contributed by atoms with Crippen LogP contribution in [0, 0.1) is 11.7 Å². The summed E-state index contributed by atoms with van der Waals surface area (Å²) in [5, 5.41) is 6.03. The van der Waals surface area contributed by atoms with Crippen LogP contribution >= 0.6 is 0 Å². The maximum Gasteiger partial charge on any atom is 0.254 e. The Balaban J connectivity index is 1.85. The summed E-state index contributed by atoms with van der Waals surface area (Å²) in [7, 11) is 1.46. The maximum absolute atomic E-state index is 13.7. The van der Waals surface area contributed by atoms with Crippen LogP contribution in [0.3, 0.4) is 0 Å². The summed E-state index contributed by atoms with van der Waals surface area (Å²) >= 11 is 0. The molecular weight excluding hydrogens is 247 g/mol. The molecule has 2 rings (SSSR count). The van der Waals surface area contributed by atoms with Gasteiger partial charge in [-0.2, -0.15) is 0 Å². The summed E-state index contributed by atoms with van der Waals surface area (Å²) in [6.45, 7) is 2.63. The molecule has 1 heterocycles. The lowest BCUT2D eigenvalue weighted by molar-refractivity contribution is 0.0947. The number of rotatable bonds is 5. The Morgan fingerprint density at radius 3 is 3.05 bits per heavy atom. The van der Waals surface area contributed by atoms with Gasteiger partial charge in [-0.3, -0.25) is 4.79 Å². The van der Waals surface area contributed by atoms with E-state index in [4.69, 9.17) is 4.74 Å². The molecule has 1 aromatic rings. The first-order valence-corrected chi connectivity index (χ1v) is 6.53. The van der Waals surface area contributed by atoms with E-state index in [1.807, 2.05) is 0 Å². The van der Waals surface area contributed by atoms with Crippen LogP contribution in [0.15, 0.2) is 18.2 Å². The third-order valence-electron chi connectivity index (χ3n) is 3.42. The van der Waals surface area contributed by atoms with Crippen LogP contribution < -0.4 is 15.4 Å². The molecule has 0 bridgehead atoms. The molecule has 0 aromatic heterocycles. The predicted molar refractivity (Wildman–Crippen MR) is 70.9 cm³/mol. The molecule has 5 heteroatoms. The Bertz CT molecular complexity index is 445. The number of benzene rings is 1. The van der Waals surface area contributed by atoms with Crippen LogP contribution in [-0.2, 0) is 0 Å². The molecule has 104 valence electrons. The number of hydrogen-bond donors (Lipinski definition) is 2. The van der Waals surface area contributed by atoms with E-state index in [9.17, 15) is 9.18 Å². The zero-order chi connectivity index (χ0) is 13.7. The summed E-state index contributed by atoms with van der Waals surface area (Å²) in [6.07, 6.45) is 2.07. The normalized spacial score (nSPS) is 18.3. The second-order valence-corrected chi connectivity index (χ2v) is 4.75. The molecule has 1 unspecified atom stereocenters. The van der Waals surface area contributed by atoms with Crippen LogP contribution in [0.2, 0.25) is 0 Å². The van der Waals surface area contributed by atoms with Crippen molar-refractivity contribution in [1.29, 1.82) is 0 Å². The van der Waals surface area contributed by atoms with Crippen molar-refractivity contribution in [3.63, 3.8) is 0 Å². The van der Waals surface area contributed by atoms with Gasteiger partial charge < -0.3 is 15.4 Å². The lowest BCUT2D eigenvalue weighted by atomic mass is 10.1. The van der Waals surface area contributed by atoms with E-state index in [0.29, 0.717) is 18.2 Å². The molecule has 2 N–H and O–H groups in total. The van der Waals surface area contributed by atoms with Gasteiger partial charge in [-0.05, 0) is 44.0 Å². The van der Waals surface area contributed by atoms with Gasteiger partial charge in [0.25, 0.3) is 5.91 Å². The number of methoxy groups -OCH3 is 1. The molecule has 1 aliphatic heterocycles. The Hall–Kier alpha value is -1.62. The SMILES string of the molecule is COc1ccc(C(=O)NCCC2CCNC2)c(F)c1. The smallest absolute Gasteiger partial charge is 0.254 e. The van der Waals surface area contributed by atoms with E-state index in [-0.39, 0.29) is 11.5 Å². The van der Waals surface area contributed by atoms with Gasteiger partial charge in [0.1, 0.15) is 11.6 Å². The maximum atomic E-state index is 13.7. The molecular formula is C14H19FN2O2. The first-order valence-electron chi connectivity index (χ1n) is 6.53. The quantitative estimate of drug-likeness (QED) is 0.850. The van der Waals surface area contributed by atoms with Crippen molar-refractivity contribution in [1.82, 2.24) is 10.6 Å². The second-order valence-electron chi connectivity index (χ2n) is 4.75. The Labute approximate surface area is 112 Å². The standard InChI is InChI=1S/C14H19FN2O2/c1-19-11-2-3-12(13(15)8-11)14(18)17-7-5-10-4-6-16-9-10/h2-3,8,10,16H,4-7,9H2,1H3,(H,17,18). The zero-order valence-electron chi connectivity index (χ0n) is 11.0. The topological polar surface area (TPSA) is 50.4 Å². The Kier molecular flexibility index (Phi) is 4.74. The highest BCUT2D eigenvalue weighted by Crippen LogP contribution is 2.16. The van der Waals surface area contributed by atoms with Gasteiger partial charge in [0.2, 0.25) is 0 Å². The molecule has 1 aromatic carbocycles. The molecule has 4 nitrogen and oxygen atoms in total. The molecule has 0 aliphatic carbocycles. The predicted octanol–water partition coefficient (Wildman–Crippen LogP) is 1.56. The molecule has 1 saturated heterocycles. The summed E-state index contributed by atoms with van der Waals surface area (Å²) in [6, 6.07) is 4.25. The van der Waals surface area contributed by atoms with Crippen LogP contribution in [-0.4, -0.2) is 32.7 Å². The van der Waals surface area contributed by atoms with E-state index in [1.165, 1.54) is 19.2 Å². The van der Waals surface area contributed by atoms with Gasteiger partial charge in [-0.15, -0.1) is 0 Å². The Morgan fingerprint density at radius 2 is 2.42 bits per heavy atom. The van der Waals surface area contributed by atoms with Crippen LogP contribution in [0.25, 0.3) is 0 Å². The van der Waals surface area contributed by atoms with E-state index in [0.717, 1.165) is 25.9 Å². The second kappa shape index (κ2) is 6.52. The number of ether oxygens (including phenoxy) is 1. The Morgan fingerprint density at radius 1 is 1.58 bits per heavy atom. The minimum atomic E-state index is -0.556. The zero-order valence-corrected chi connectivity index (χ0v) is 11.0. The van der Waals surface area contributed by atoms with E-state index < -0.39 is 5.82 Å². The van der Waals surface area contributed by atoms with Crippen LogP contribution in [0.4, 0.5) is 4.39 Å². The van der Waals surface area contributed by atoms with Crippen LogP contribution in [0.5, 0.6) is 5.75 Å². The van der Waals surface area contributed by atoms with E-state index in [2.05, 4.69) is 10.6 Å². The fourth-order valence-corrected chi connectivity index (χ4v) is 2.25. The fraction of sp³-hybridized carbons (Fsp3) is 0.500. The van der Waals surface area contributed by atoms with Gasteiger partial charge >= 0.3 is 0 Å². The van der Waals surface area contributed by atoms with Gasteiger partial charge in [-0.25, -0.2) is 4.39 Å². The van der Waals surface area contributed by atoms with Gasteiger partial charge in [0, 0.05) is 12.6 Å². The molecule has 0 radical (unpaired) electrons. The minimum absolute atomic E-state index is 0.0605. The van der Waals surface area contributed by atoms with Gasteiger partial charge in [-0.1, -0.05) is 0 Å². The fourth-order valence-electron chi connectivity index (χ4n) is 2.25. The highest BCUT2D eigenvalue weighted by atomic mass is 19.1. The number of carbonyl (C=O) groups excluding carboxylic acids is 1. The monoisotopic (exact) mass is 266 g/mol. The first-order chi connectivity index (χ1) is 9.20. The van der Waals surface area contributed by atoms with E-state index >= 15 is 0 Å². The lowest BCUT2D eigenvalue weighted by Gasteiger charge is -2.10. The molecule has 0 saturated carbocycles. The summed E-state index contributed by atoms with van der Waals surface area (Å²) < 4.78 is 18.6. The van der Waals surface area contributed by atoms with Crippen molar-refractivity contribution in [2.45, 2.75) is 12.8 Å². The van der Waals surface area contributed by atoms with Crippen molar-refractivity contribution in [3.05, 3.63) is 29.6 Å². The highest BCUT2D eigenvalue weighted by Gasteiger charge is 2.16. The number of nitrogens with one attached hydrogen (secondary N) is 2. The molecule has 1 aliphatic rings. The molecule has 1 fully saturated rings. The van der Waals surface area contributed by atoms with Gasteiger partial charge in [0.05, 0.1) is 12.7 Å². The van der Waals surface area contributed by atoms with Crippen molar-refractivity contribution in [2.75, 3.05) is 26.7 Å². The summed E-state index contributed by atoms with van der Waals surface area (Å²) in [5.41, 5.74) is 0.0605. The molecule has 1 amide bonds. The summed E-state index contributed by atoms with van der Waals surface area (Å²) in [4.78, 5) is 11.8. The van der Waals surface area contributed by atoms with Crippen molar-refractivity contribution < 1.29 is 13.9 Å². The number of hydrogen-bond acceptors (Lipinski definition) is 3. The average Bonchev–Trinajstić information content (AvgIpc) is 2.91. The average molecular weight is 266 g/mol. The molecule has 1 atom stereocenters. The first kappa shape index (κ1) is 13.8. The van der Waals surface area contributed by atoms with Crippen molar-refractivity contribution >= 4 is 5.91 Å². The lowest BCUT2D eigenvalue weighted by Crippen LogP contribution is -2.27. The van der Waals surface area contributed by atoms with Crippen LogP contribution in [0.1, 0.15) is 23.2 Å². The van der Waals surface area contributed by atoms with Gasteiger partial charge in [0.15, 0.2) is 0 Å². The molecule has 19 heavy (non-hydrogen) atoms. The third-order valence-corrected chi connectivity index (χ3v) is 3.42. The van der Waals surface area contributed by atoms with E-state index in [1.54, 1.807) is 6.07 Å².